The lowest BCUT2D eigenvalue weighted by Gasteiger charge is -2.01. The number of benzene rings is 2. The molecule has 2 aromatic carbocycles. The number of hydrogen-bond donors (Lipinski definition) is 0. The molecule has 0 aliphatic carbocycles. The molecule has 4 rings (SSSR count). The number of ether oxygens (including phenoxy) is 2. The van der Waals surface area contributed by atoms with Gasteiger partial charge in [-0.05, 0) is 42.3 Å². The van der Waals surface area contributed by atoms with E-state index in [4.69, 9.17) is 21.1 Å². The smallest absolute Gasteiger partial charge is 0.252 e. The first-order valence-corrected chi connectivity index (χ1v) is 8.92. The number of halogens is 1. The summed E-state index contributed by atoms with van der Waals surface area (Å²) in [6, 6.07) is 9.31. The lowest BCUT2D eigenvalue weighted by atomic mass is 10.1. The number of hydrogen-bond acceptors (Lipinski definition) is 4. The maximum absolute atomic E-state index is 12.4. The third-order valence-electron chi connectivity index (χ3n) is 4.07. The summed E-state index contributed by atoms with van der Waals surface area (Å²) in [7, 11) is 1.91. The predicted molar refractivity (Wildman–Crippen MR) is 97.4 cm³/mol. The summed E-state index contributed by atoms with van der Waals surface area (Å²) in [5, 5.41) is 0.685. The maximum atomic E-state index is 12.4. The summed E-state index contributed by atoms with van der Waals surface area (Å²) in [6.07, 6.45) is 0.213. The molecule has 1 aromatic heterocycles. The zero-order valence-electron chi connectivity index (χ0n) is 13.7. The van der Waals surface area contributed by atoms with Crippen LogP contribution in [0.3, 0.4) is 0 Å². The molecular formula is C18H15ClN2O3S. The monoisotopic (exact) mass is 374 g/mol. The largest absolute Gasteiger partial charge is 0.454 e. The van der Waals surface area contributed by atoms with Crippen molar-refractivity contribution in [2.75, 3.05) is 6.79 Å². The highest BCUT2D eigenvalue weighted by molar-refractivity contribution is 7.16. The molecule has 0 fully saturated rings. The van der Waals surface area contributed by atoms with Gasteiger partial charge in [0.05, 0.1) is 16.6 Å². The fourth-order valence-electron chi connectivity index (χ4n) is 2.94. The third kappa shape index (κ3) is 3.03. The number of nitrogens with zero attached hydrogens (tertiary/aromatic N) is 2. The second-order valence-electron chi connectivity index (χ2n) is 5.88. The van der Waals surface area contributed by atoms with E-state index in [1.54, 1.807) is 0 Å². The fraction of sp³-hybridized carbons (Fsp3) is 0.222. The van der Waals surface area contributed by atoms with Gasteiger partial charge in [-0.25, -0.2) is 0 Å². The Labute approximate surface area is 153 Å². The van der Waals surface area contributed by atoms with Gasteiger partial charge in [0.1, 0.15) is 0 Å². The number of amides is 1. The van der Waals surface area contributed by atoms with Crippen molar-refractivity contribution in [1.82, 2.24) is 4.57 Å². The van der Waals surface area contributed by atoms with Crippen molar-refractivity contribution in [2.45, 2.75) is 13.3 Å². The lowest BCUT2D eigenvalue weighted by molar-refractivity contribution is -0.117. The Morgan fingerprint density at radius 1 is 1.28 bits per heavy atom. The zero-order chi connectivity index (χ0) is 17.6. The molecule has 0 saturated carbocycles. The highest BCUT2D eigenvalue weighted by atomic mass is 35.5. The van der Waals surface area contributed by atoms with E-state index in [0.29, 0.717) is 21.3 Å². The van der Waals surface area contributed by atoms with Crippen LogP contribution in [0.2, 0.25) is 5.02 Å². The molecule has 0 bridgehead atoms. The average molecular weight is 375 g/mol. The summed E-state index contributed by atoms with van der Waals surface area (Å²) < 4.78 is 13.6. The first-order valence-electron chi connectivity index (χ1n) is 7.73. The molecule has 1 aliphatic rings. The van der Waals surface area contributed by atoms with E-state index in [9.17, 15) is 4.79 Å². The molecule has 5 nitrogen and oxygen atoms in total. The molecule has 0 N–H and O–H groups in total. The molecule has 1 aliphatic heterocycles. The topological polar surface area (TPSA) is 52.8 Å². The standard InChI is InChI=1S/C18H15ClN2O3S/c1-10-5-12(19)8-15-17(10)21(2)18(25-15)20-16(22)7-11-3-4-13-14(6-11)24-9-23-13/h3-6,8H,7,9H2,1-2H3. The number of aromatic nitrogens is 1. The molecule has 3 aromatic rings. The first kappa shape index (κ1) is 16.2. The van der Waals surface area contributed by atoms with Crippen LogP contribution in [0.4, 0.5) is 0 Å². The van der Waals surface area contributed by atoms with Gasteiger partial charge in [-0.1, -0.05) is 29.0 Å². The van der Waals surface area contributed by atoms with Gasteiger partial charge in [0, 0.05) is 12.1 Å². The maximum Gasteiger partial charge on any atom is 0.252 e. The number of carbonyl (C=O) groups is 1. The van der Waals surface area contributed by atoms with Gasteiger partial charge in [0.25, 0.3) is 5.91 Å². The van der Waals surface area contributed by atoms with Crippen molar-refractivity contribution < 1.29 is 14.3 Å². The highest BCUT2D eigenvalue weighted by Gasteiger charge is 2.15. The molecule has 0 spiro atoms. The highest BCUT2D eigenvalue weighted by Crippen LogP contribution is 2.32. The van der Waals surface area contributed by atoms with E-state index < -0.39 is 0 Å². The summed E-state index contributed by atoms with van der Waals surface area (Å²) >= 11 is 7.58. The molecule has 1 amide bonds. The van der Waals surface area contributed by atoms with Crippen molar-refractivity contribution in [3.05, 3.63) is 51.3 Å². The molecule has 128 valence electrons. The second-order valence-corrected chi connectivity index (χ2v) is 7.33. The van der Waals surface area contributed by atoms with Crippen molar-refractivity contribution in [2.24, 2.45) is 12.0 Å². The molecule has 2 heterocycles. The summed E-state index contributed by atoms with van der Waals surface area (Å²) in [5.74, 6) is 1.17. The van der Waals surface area contributed by atoms with Crippen LogP contribution in [0, 0.1) is 6.92 Å². The van der Waals surface area contributed by atoms with Crippen molar-refractivity contribution in [1.29, 1.82) is 0 Å². The van der Waals surface area contributed by atoms with Crippen LogP contribution < -0.4 is 14.3 Å². The number of aryl methyl sites for hydroxylation is 2. The summed E-state index contributed by atoms with van der Waals surface area (Å²) in [6.45, 7) is 2.22. The number of thiazole rings is 1. The Hall–Kier alpha value is -2.31. The van der Waals surface area contributed by atoms with E-state index in [1.807, 2.05) is 48.9 Å². The summed E-state index contributed by atoms with van der Waals surface area (Å²) in [4.78, 5) is 17.3. The Balaban J connectivity index is 1.66. The lowest BCUT2D eigenvalue weighted by Crippen LogP contribution is -2.14. The van der Waals surface area contributed by atoms with Crippen LogP contribution in [0.15, 0.2) is 35.3 Å². The van der Waals surface area contributed by atoms with Gasteiger partial charge in [0.2, 0.25) is 6.79 Å². The van der Waals surface area contributed by atoms with Gasteiger partial charge >= 0.3 is 0 Å². The molecule has 0 atom stereocenters. The molecule has 0 unspecified atom stereocenters. The minimum Gasteiger partial charge on any atom is -0.454 e. The molecule has 25 heavy (non-hydrogen) atoms. The van der Waals surface area contributed by atoms with Gasteiger partial charge in [-0.3, -0.25) is 4.79 Å². The number of carbonyl (C=O) groups excluding carboxylic acids is 1. The Kier molecular flexibility index (Phi) is 4.01. The summed E-state index contributed by atoms with van der Waals surface area (Å²) in [5.41, 5.74) is 2.95. The van der Waals surface area contributed by atoms with Gasteiger partial charge in [0.15, 0.2) is 16.3 Å². The van der Waals surface area contributed by atoms with E-state index in [1.165, 1.54) is 11.3 Å². The SMILES string of the molecule is Cc1cc(Cl)cc2sc(=NC(=O)Cc3ccc4c(c3)OCO4)n(C)c12. The molecule has 0 saturated heterocycles. The van der Waals surface area contributed by atoms with Crippen molar-refractivity contribution >= 4 is 39.1 Å². The van der Waals surface area contributed by atoms with Gasteiger partial charge < -0.3 is 14.0 Å². The quantitative estimate of drug-likeness (QED) is 0.688. The third-order valence-corrected chi connectivity index (χ3v) is 5.36. The van der Waals surface area contributed by atoms with Crippen LogP contribution in [-0.4, -0.2) is 17.3 Å². The number of rotatable bonds is 2. The Morgan fingerprint density at radius 2 is 2.08 bits per heavy atom. The van der Waals surface area contributed by atoms with Crippen molar-refractivity contribution in [3.8, 4) is 11.5 Å². The van der Waals surface area contributed by atoms with Crippen LogP contribution in [-0.2, 0) is 18.3 Å². The fourth-order valence-corrected chi connectivity index (χ4v) is 4.43. The van der Waals surface area contributed by atoms with E-state index in [-0.39, 0.29) is 19.1 Å². The van der Waals surface area contributed by atoms with Crippen LogP contribution in [0.25, 0.3) is 10.2 Å². The minimum atomic E-state index is -0.204. The first-order chi connectivity index (χ1) is 12.0. The van der Waals surface area contributed by atoms with Crippen molar-refractivity contribution in [3.63, 3.8) is 0 Å². The van der Waals surface area contributed by atoms with Crippen LogP contribution in [0.5, 0.6) is 11.5 Å². The van der Waals surface area contributed by atoms with E-state index in [0.717, 1.165) is 21.3 Å². The van der Waals surface area contributed by atoms with E-state index in [2.05, 4.69) is 4.99 Å². The Bertz CT molecular complexity index is 1070. The van der Waals surface area contributed by atoms with Crippen LogP contribution in [0.1, 0.15) is 11.1 Å². The number of fused-ring (bicyclic) bond motifs is 2. The second kappa shape index (κ2) is 6.20. The minimum absolute atomic E-state index is 0.204. The molecular weight excluding hydrogens is 360 g/mol. The van der Waals surface area contributed by atoms with Gasteiger partial charge in [-0.15, -0.1) is 0 Å². The van der Waals surface area contributed by atoms with Crippen LogP contribution >= 0.6 is 22.9 Å². The molecule has 7 heteroatoms. The predicted octanol–water partition coefficient (Wildman–Crippen LogP) is 3.60. The zero-order valence-corrected chi connectivity index (χ0v) is 15.3. The van der Waals surface area contributed by atoms with E-state index >= 15 is 0 Å². The van der Waals surface area contributed by atoms with Gasteiger partial charge in [-0.2, -0.15) is 4.99 Å². The Morgan fingerprint density at radius 3 is 2.92 bits per heavy atom. The molecule has 0 radical (unpaired) electrons. The average Bonchev–Trinajstić information content (AvgIpc) is 3.11. The normalized spacial score (nSPS) is 13.6.